The third kappa shape index (κ3) is 7.44. The highest BCUT2D eigenvalue weighted by molar-refractivity contribution is 14.0. The van der Waals surface area contributed by atoms with Crippen LogP contribution in [0.25, 0.3) is 0 Å². The lowest BCUT2D eigenvalue weighted by molar-refractivity contribution is 0.0205. The molecule has 1 atom stereocenters. The summed E-state index contributed by atoms with van der Waals surface area (Å²) in [7, 11) is 5.11. The molecule has 0 radical (unpaired) electrons. The second-order valence-corrected chi connectivity index (χ2v) is 6.79. The summed E-state index contributed by atoms with van der Waals surface area (Å²) in [6.45, 7) is 7.72. The van der Waals surface area contributed by atoms with Crippen molar-refractivity contribution in [2.75, 3.05) is 27.8 Å². The fraction of sp³-hybridized carbons (Fsp3) is 0.588. The maximum Gasteiger partial charge on any atom is 0.191 e. The Morgan fingerprint density at radius 1 is 1.25 bits per heavy atom. The van der Waals surface area contributed by atoms with Crippen LogP contribution in [0.5, 0.6) is 5.75 Å². The molecule has 0 spiro atoms. The molecule has 0 bridgehead atoms. The number of benzene rings is 1. The molecule has 24 heavy (non-hydrogen) atoms. The summed E-state index contributed by atoms with van der Waals surface area (Å²) in [5.41, 5.74) is 1.07. The average Bonchev–Trinajstić information content (AvgIpc) is 2.50. The Morgan fingerprint density at radius 2 is 1.92 bits per heavy atom. The van der Waals surface area contributed by atoms with E-state index < -0.39 is 0 Å². The molecule has 1 aromatic carbocycles. The van der Waals surface area contributed by atoms with Crippen molar-refractivity contribution in [1.29, 1.82) is 0 Å². The quantitative estimate of drug-likeness (QED) is 0.379. The van der Waals surface area contributed by atoms with Crippen molar-refractivity contribution in [2.24, 2.45) is 10.4 Å². The van der Waals surface area contributed by atoms with Gasteiger partial charge in [0.15, 0.2) is 5.96 Å². The van der Waals surface area contributed by atoms with Gasteiger partial charge in [-0.2, -0.15) is 0 Å². The summed E-state index contributed by atoms with van der Waals surface area (Å²) in [5, 5.41) is 7.22. The summed E-state index contributed by atoms with van der Waals surface area (Å²) in [6.07, 6.45) is 0.0890. The number of aliphatic imine (C=N–C) groups is 1. The molecule has 5 nitrogen and oxygen atoms in total. The highest BCUT2D eigenvalue weighted by atomic mass is 127. The molecule has 0 heterocycles. The second-order valence-electron chi connectivity index (χ2n) is 6.35. The van der Waals surface area contributed by atoms with Crippen molar-refractivity contribution in [3.8, 4) is 5.75 Å². The van der Waals surface area contributed by atoms with Gasteiger partial charge in [-0.15, -0.1) is 24.0 Å². The van der Waals surface area contributed by atoms with Gasteiger partial charge in [-0.1, -0.05) is 38.4 Å². The van der Waals surface area contributed by atoms with Crippen LogP contribution >= 0.6 is 35.6 Å². The molecule has 1 unspecified atom stereocenters. The van der Waals surface area contributed by atoms with Gasteiger partial charge in [0.05, 0.1) is 13.2 Å². The normalized spacial score (nSPS) is 13.0. The smallest absolute Gasteiger partial charge is 0.191 e. The first-order chi connectivity index (χ1) is 10.8. The predicted octanol–water partition coefficient (Wildman–Crippen LogP) is 3.69. The Labute approximate surface area is 167 Å². The van der Waals surface area contributed by atoms with Crippen LogP contribution in [-0.2, 0) is 11.3 Å². The molecule has 0 aliphatic heterocycles. The van der Waals surface area contributed by atoms with Crippen LogP contribution in [0.3, 0.4) is 0 Å². The lowest BCUT2D eigenvalue weighted by Gasteiger charge is -2.30. The maximum absolute atomic E-state index is 5.98. The molecule has 0 aliphatic rings. The largest absolute Gasteiger partial charge is 0.496 e. The molecule has 2 N–H and O–H groups in total. The van der Waals surface area contributed by atoms with Crippen LogP contribution in [0.2, 0.25) is 5.02 Å². The van der Waals surface area contributed by atoms with Crippen molar-refractivity contribution in [3.05, 3.63) is 28.8 Å². The van der Waals surface area contributed by atoms with Gasteiger partial charge in [-0.25, -0.2) is 0 Å². The number of hydrogen-bond acceptors (Lipinski definition) is 3. The first-order valence-electron chi connectivity index (χ1n) is 7.61. The zero-order valence-corrected chi connectivity index (χ0v) is 18.4. The van der Waals surface area contributed by atoms with Crippen LogP contribution in [0, 0.1) is 5.41 Å². The van der Waals surface area contributed by atoms with Gasteiger partial charge in [-0.3, -0.25) is 4.99 Å². The standard InChI is InChI=1S/C17H28ClN3O2.HI/c1-17(2,3)15(23-6)11-21-16(19-4)20-10-12-7-8-13(18)9-14(12)22-5;/h7-9,15H,10-11H2,1-6H3,(H2,19,20,21);1H. The summed E-state index contributed by atoms with van der Waals surface area (Å²) in [4.78, 5) is 4.24. The minimum atomic E-state index is 0. The molecule has 0 aliphatic carbocycles. The Hall–Kier alpha value is -0.730. The first kappa shape index (κ1) is 23.3. The van der Waals surface area contributed by atoms with Crippen LogP contribution in [-0.4, -0.2) is 39.9 Å². The Kier molecular flexibility index (Phi) is 10.7. The zero-order valence-electron chi connectivity index (χ0n) is 15.3. The van der Waals surface area contributed by atoms with Crippen molar-refractivity contribution in [3.63, 3.8) is 0 Å². The summed E-state index contributed by atoms with van der Waals surface area (Å²) < 4.78 is 10.9. The maximum atomic E-state index is 5.98. The van der Waals surface area contributed by atoms with E-state index in [1.165, 1.54) is 0 Å². The molecule has 1 rings (SSSR count). The van der Waals surface area contributed by atoms with Gasteiger partial charge in [0.2, 0.25) is 0 Å². The molecule has 0 saturated heterocycles. The van der Waals surface area contributed by atoms with Gasteiger partial charge in [-0.05, 0) is 17.5 Å². The van der Waals surface area contributed by atoms with E-state index in [0.717, 1.165) is 11.3 Å². The van der Waals surface area contributed by atoms with E-state index in [2.05, 4.69) is 36.4 Å². The van der Waals surface area contributed by atoms with Crippen LogP contribution < -0.4 is 15.4 Å². The topological polar surface area (TPSA) is 54.9 Å². The number of methoxy groups -OCH3 is 2. The second kappa shape index (κ2) is 11.0. The van der Waals surface area contributed by atoms with Gasteiger partial charge < -0.3 is 20.1 Å². The molecule has 0 aromatic heterocycles. The summed E-state index contributed by atoms with van der Waals surface area (Å²) in [6, 6.07) is 5.59. The third-order valence-corrected chi connectivity index (χ3v) is 3.86. The van der Waals surface area contributed by atoms with Crippen molar-refractivity contribution < 1.29 is 9.47 Å². The zero-order chi connectivity index (χ0) is 17.5. The monoisotopic (exact) mass is 469 g/mol. The van der Waals surface area contributed by atoms with E-state index in [4.69, 9.17) is 21.1 Å². The highest BCUT2D eigenvalue weighted by Crippen LogP contribution is 2.23. The van der Waals surface area contributed by atoms with Crippen molar-refractivity contribution >= 4 is 41.5 Å². The van der Waals surface area contributed by atoms with Crippen LogP contribution in [0.1, 0.15) is 26.3 Å². The van der Waals surface area contributed by atoms with Crippen molar-refractivity contribution in [1.82, 2.24) is 10.6 Å². The lowest BCUT2D eigenvalue weighted by Crippen LogP contribution is -2.45. The molecular weight excluding hydrogens is 441 g/mol. The van der Waals surface area contributed by atoms with Gasteiger partial charge >= 0.3 is 0 Å². The Balaban J connectivity index is 0.00000529. The van der Waals surface area contributed by atoms with Crippen molar-refractivity contribution in [2.45, 2.75) is 33.4 Å². The fourth-order valence-electron chi connectivity index (χ4n) is 2.20. The molecular formula is C17H29ClIN3O2. The minimum Gasteiger partial charge on any atom is -0.496 e. The summed E-state index contributed by atoms with van der Waals surface area (Å²) in [5.74, 6) is 1.47. The molecule has 0 saturated carbocycles. The van der Waals surface area contributed by atoms with Gasteiger partial charge in [0, 0.05) is 37.8 Å². The Morgan fingerprint density at radius 3 is 2.42 bits per heavy atom. The average molecular weight is 470 g/mol. The summed E-state index contributed by atoms with van der Waals surface area (Å²) >= 11 is 5.98. The number of nitrogens with one attached hydrogen (secondary N) is 2. The molecule has 0 amide bonds. The predicted molar refractivity (Wildman–Crippen MR) is 112 cm³/mol. The number of hydrogen-bond donors (Lipinski definition) is 2. The highest BCUT2D eigenvalue weighted by Gasteiger charge is 2.24. The van der Waals surface area contributed by atoms with E-state index in [1.54, 1.807) is 27.3 Å². The molecule has 1 aromatic rings. The molecule has 0 fully saturated rings. The number of rotatable bonds is 6. The minimum absolute atomic E-state index is 0. The van der Waals surface area contributed by atoms with E-state index in [0.29, 0.717) is 24.1 Å². The Bertz CT molecular complexity index is 533. The van der Waals surface area contributed by atoms with Crippen LogP contribution in [0.15, 0.2) is 23.2 Å². The fourth-order valence-corrected chi connectivity index (χ4v) is 2.36. The first-order valence-corrected chi connectivity index (χ1v) is 7.99. The molecule has 138 valence electrons. The lowest BCUT2D eigenvalue weighted by atomic mass is 9.89. The third-order valence-electron chi connectivity index (χ3n) is 3.62. The van der Waals surface area contributed by atoms with E-state index in [9.17, 15) is 0 Å². The molecule has 7 heteroatoms. The van der Waals surface area contributed by atoms with E-state index in [1.807, 2.05) is 12.1 Å². The van der Waals surface area contributed by atoms with Crippen LogP contribution in [0.4, 0.5) is 0 Å². The number of halogens is 2. The number of ether oxygens (including phenoxy) is 2. The number of nitrogens with zero attached hydrogens (tertiary/aromatic N) is 1. The van der Waals surface area contributed by atoms with E-state index in [-0.39, 0.29) is 35.5 Å². The SMILES string of the molecule is CN=C(NCc1ccc(Cl)cc1OC)NCC(OC)C(C)(C)C.I. The number of guanidine groups is 1. The van der Waals surface area contributed by atoms with Gasteiger partial charge in [0.1, 0.15) is 5.75 Å². The van der Waals surface area contributed by atoms with Gasteiger partial charge in [0.25, 0.3) is 0 Å². The van der Waals surface area contributed by atoms with E-state index >= 15 is 0 Å².